The molecular weight excluding hydrogens is 415 g/mol. The number of fused-ring (bicyclic) bond motifs is 1. The van der Waals surface area contributed by atoms with E-state index in [1.165, 1.54) is 17.8 Å². The Bertz CT molecular complexity index is 1090. The lowest BCUT2D eigenvalue weighted by atomic mass is 10.1. The molecule has 7 heteroatoms. The summed E-state index contributed by atoms with van der Waals surface area (Å²) in [5.41, 5.74) is 0.504. The predicted octanol–water partition coefficient (Wildman–Crippen LogP) is 3.32. The molecule has 0 aromatic heterocycles. The van der Waals surface area contributed by atoms with Crippen LogP contribution < -0.4 is 15.4 Å². The van der Waals surface area contributed by atoms with Gasteiger partial charge in [0, 0.05) is 5.75 Å². The molecule has 0 aliphatic carbocycles. The molecule has 31 heavy (non-hydrogen) atoms. The van der Waals surface area contributed by atoms with E-state index in [4.69, 9.17) is 4.74 Å². The number of nitrogens with one attached hydrogen (secondary N) is 2. The highest BCUT2D eigenvalue weighted by Gasteiger charge is 2.32. The van der Waals surface area contributed by atoms with E-state index in [9.17, 15) is 14.0 Å². The SMILES string of the molecule is O=C(NCCOc1ccc2ccccc2c1)[C@@H]1CS[C@H](Cc2ccccc2F)C(=O)N1. The average Bonchev–Trinajstić information content (AvgIpc) is 2.79. The van der Waals surface area contributed by atoms with Gasteiger partial charge in [-0.05, 0) is 41.0 Å². The molecule has 5 nitrogen and oxygen atoms in total. The number of halogens is 1. The van der Waals surface area contributed by atoms with Gasteiger partial charge in [-0.1, -0.05) is 48.5 Å². The predicted molar refractivity (Wildman–Crippen MR) is 121 cm³/mol. The van der Waals surface area contributed by atoms with E-state index in [1.807, 2.05) is 42.5 Å². The summed E-state index contributed by atoms with van der Waals surface area (Å²) in [5.74, 6) is 0.384. The molecular formula is C24H23FN2O3S. The van der Waals surface area contributed by atoms with Gasteiger partial charge in [-0.2, -0.15) is 0 Å². The standard InChI is InChI=1S/C24H23FN2O3S/c25-20-8-4-3-7-18(20)14-22-24(29)27-21(15-31-22)23(28)26-11-12-30-19-10-9-16-5-1-2-6-17(16)13-19/h1-10,13,21-22H,11-12,14-15H2,(H,26,28)(H,27,29)/t21-,22+/m0/s1. The van der Waals surface area contributed by atoms with Crippen molar-refractivity contribution in [3.63, 3.8) is 0 Å². The highest BCUT2D eigenvalue weighted by molar-refractivity contribution is 8.00. The summed E-state index contributed by atoms with van der Waals surface area (Å²) >= 11 is 1.38. The zero-order chi connectivity index (χ0) is 21.6. The molecule has 1 saturated heterocycles. The molecule has 160 valence electrons. The van der Waals surface area contributed by atoms with Crippen molar-refractivity contribution in [3.8, 4) is 5.75 Å². The Morgan fingerprint density at radius 3 is 2.68 bits per heavy atom. The lowest BCUT2D eigenvalue weighted by Gasteiger charge is -2.28. The minimum Gasteiger partial charge on any atom is -0.492 e. The van der Waals surface area contributed by atoms with Crippen molar-refractivity contribution in [2.45, 2.75) is 17.7 Å². The number of amides is 2. The molecule has 1 aliphatic heterocycles. The Hall–Kier alpha value is -3.06. The average molecular weight is 439 g/mol. The first kappa shape index (κ1) is 21.2. The van der Waals surface area contributed by atoms with E-state index in [1.54, 1.807) is 18.2 Å². The normalized spacial score (nSPS) is 18.4. The zero-order valence-corrected chi connectivity index (χ0v) is 17.7. The molecule has 1 fully saturated rings. The lowest BCUT2D eigenvalue weighted by molar-refractivity contribution is -0.128. The molecule has 0 bridgehead atoms. The Labute approximate surface area is 184 Å². The van der Waals surface area contributed by atoms with Crippen molar-refractivity contribution < 1.29 is 18.7 Å². The first-order valence-corrected chi connectivity index (χ1v) is 11.2. The topological polar surface area (TPSA) is 67.4 Å². The van der Waals surface area contributed by atoms with Crippen LogP contribution in [0.3, 0.4) is 0 Å². The van der Waals surface area contributed by atoms with E-state index < -0.39 is 11.3 Å². The van der Waals surface area contributed by atoms with Crippen molar-refractivity contribution in [3.05, 3.63) is 78.1 Å². The quantitative estimate of drug-likeness (QED) is 0.556. The van der Waals surface area contributed by atoms with E-state index in [0.717, 1.165) is 16.5 Å². The van der Waals surface area contributed by atoms with Gasteiger partial charge >= 0.3 is 0 Å². The molecule has 4 rings (SSSR count). The number of rotatable bonds is 7. The van der Waals surface area contributed by atoms with E-state index in [2.05, 4.69) is 10.6 Å². The summed E-state index contributed by atoms with van der Waals surface area (Å²) < 4.78 is 19.6. The maximum atomic E-state index is 13.8. The number of ether oxygens (including phenoxy) is 1. The number of benzene rings is 3. The Kier molecular flexibility index (Phi) is 6.72. The van der Waals surface area contributed by atoms with E-state index in [-0.39, 0.29) is 17.6 Å². The third-order valence-corrected chi connectivity index (χ3v) is 6.45. The van der Waals surface area contributed by atoms with Crippen LogP contribution in [0.4, 0.5) is 4.39 Å². The minimum absolute atomic E-state index is 0.243. The van der Waals surface area contributed by atoms with Gasteiger partial charge in [-0.3, -0.25) is 9.59 Å². The fraction of sp³-hybridized carbons (Fsp3) is 0.250. The van der Waals surface area contributed by atoms with Crippen LogP contribution in [0.1, 0.15) is 5.56 Å². The molecule has 2 N–H and O–H groups in total. The molecule has 3 aromatic rings. The summed E-state index contributed by atoms with van der Waals surface area (Å²) in [6.07, 6.45) is 0.303. The number of carbonyl (C=O) groups excluding carboxylic acids is 2. The van der Waals surface area contributed by atoms with Crippen LogP contribution in [0.25, 0.3) is 10.8 Å². The number of hydrogen-bond donors (Lipinski definition) is 2. The fourth-order valence-corrected chi connectivity index (χ4v) is 4.65. The Morgan fingerprint density at radius 2 is 1.87 bits per heavy atom. The molecule has 1 heterocycles. The zero-order valence-electron chi connectivity index (χ0n) is 16.8. The van der Waals surface area contributed by atoms with E-state index >= 15 is 0 Å². The van der Waals surface area contributed by atoms with Crippen LogP contribution in [0, 0.1) is 5.82 Å². The third-order valence-electron chi connectivity index (χ3n) is 5.14. The van der Waals surface area contributed by atoms with Gasteiger partial charge in [0.2, 0.25) is 11.8 Å². The summed E-state index contributed by atoms with van der Waals surface area (Å²) in [7, 11) is 0. The Balaban J connectivity index is 1.21. The lowest BCUT2D eigenvalue weighted by Crippen LogP contribution is -2.54. The second kappa shape index (κ2) is 9.83. The second-order valence-electron chi connectivity index (χ2n) is 7.33. The van der Waals surface area contributed by atoms with Gasteiger partial charge in [-0.25, -0.2) is 4.39 Å². The molecule has 2 amide bonds. The van der Waals surface area contributed by atoms with Crippen molar-refractivity contribution >= 4 is 34.3 Å². The van der Waals surface area contributed by atoms with Crippen LogP contribution in [0.5, 0.6) is 5.75 Å². The highest BCUT2D eigenvalue weighted by atomic mass is 32.2. The summed E-state index contributed by atoms with van der Waals surface area (Å²) in [6, 6.07) is 19.7. The molecule has 0 spiro atoms. The summed E-state index contributed by atoms with van der Waals surface area (Å²) in [4.78, 5) is 24.8. The van der Waals surface area contributed by atoms with Crippen LogP contribution in [-0.2, 0) is 16.0 Å². The number of hydrogen-bond acceptors (Lipinski definition) is 4. The molecule has 0 radical (unpaired) electrons. The van der Waals surface area contributed by atoms with Gasteiger partial charge in [0.15, 0.2) is 0 Å². The first-order valence-electron chi connectivity index (χ1n) is 10.1. The molecule has 0 saturated carbocycles. The van der Waals surface area contributed by atoms with Crippen LogP contribution in [-0.4, -0.2) is 42.0 Å². The molecule has 1 aliphatic rings. The van der Waals surface area contributed by atoms with Gasteiger partial charge < -0.3 is 15.4 Å². The smallest absolute Gasteiger partial charge is 0.243 e. The minimum atomic E-state index is -0.602. The maximum Gasteiger partial charge on any atom is 0.243 e. The highest BCUT2D eigenvalue weighted by Crippen LogP contribution is 2.23. The summed E-state index contributed by atoms with van der Waals surface area (Å²) in [5, 5.41) is 7.38. The molecule has 2 atom stereocenters. The maximum absolute atomic E-state index is 13.8. The number of carbonyl (C=O) groups is 2. The third kappa shape index (κ3) is 5.35. The van der Waals surface area contributed by atoms with Gasteiger partial charge in [0.05, 0.1) is 11.8 Å². The second-order valence-corrected chi connectivity index (χ2v) is 8.56. The largest absolute Gasteiger partial charge is 0.492 e. The van der Waals surface area contributed by atoms with Crippen molar-refractivity contribution in [2.24, 2.45) is 0 Å². The monoisotopic (exact) mass is 438 g/mol. The fourth-order valence-electron chi connectivity index (χ4n) is 3.47. The van der Waals surface area contributed by atoms with Crippen molar-refractivity contribution in [1.29, 1.82) is 0 Å². The van der Waals surface area contributed by atoms with Crippen LogP contribution in [0.15, 0.2) is 66.7 Å². The summed E-state index contributed by atoms with van der Waals surface area (Å²) in [6.45, 7) is 0.662. The Morgan fingerprint density at radius 1 is 1.10 bits per heavy atom. The van der Waals surface area contributed by atoms with E-state index in [0.29, 0.717) is 30.9 Å². The van der Waals surface area contributed by atoms with Crippen molar-refractivity contribution in [2.75, 3.05) is 18.9 Å². The van der Waals surface area contributed by atoms with Gasteiger partial charge in [0.1, 0.15) is 24.2 Å². The number of thioether (sulfide) groups is 1. The van der Waals surface area contributed by atoms with Gasteiger partial charge in [0.25, 0.3) is 0 Å². The van der Waals surface area contributed by atoms with Gasteiger partial charge in [-0.15, -0.1) is 11.8 Å². The molecule has 3 aromatic carbocycles. The van der Waals surface area contributed by atoms with Crippen LogP contribution >= 0.6 is 11.8 Å². The van der Waals surface area contributed by atoms with Crippen LogP contribution in [0.2, 0.25) is 0 Å². The molecule has 0 unspecified atom stereocenters. The first-order chi connectivity index (χ1) is 15.1. The van der Waals surface area contributed by atoms with Crippen molar-refractivity contribution in [1.82, 2.24) is 10.6 Å².